The Bertz CT molecular complexity index is 684. The molecular weight excluding hydrogens is 332 g/mol. The van der Waals surface area contributed by atoms with Crippen LogP contribution in [0.2, 0.25) is 0 Å². The SMILES string of the molecule is C[C@]12CCC(=O)C=C1[C@H](O)C[C@@H]1[C@@H]2CC[C@@]2(C)[C@H]1CC[C@]2(O)C(=O)CO. The molecule has 0 aromatic carbocycles. The Morgan fingerprint density at radius 2 is 1.88 bits per heavy atom. The summed E-state index contributed by atoms with van der Waals surface area (Å²) < 4.78 is 0. The standard InChI is InChI=1S/C21H30O5/c1-19-6-3-12(23)9-16(19)17(24)10-13-14(19)4-7-20(2)15(13)5-8-21(20,26)18(25)11-22/h9,13-15,17,22,24,26H,3-8,10-11H2,1-2H3/t13-,14+,15+,17-,19-,20+,21+/m1/s1. The molecule has 5 heteroatoms. The highest BCUT2D eigenvalue weighted by molar-refractivity contribution is 5.92. The number of aliphatic hydroxyl groups is 3. The average Bonchev–Trinajstić information content (AvgIpc) is 2.88. The number of carbonyl (C=O) groups is 2. The number of rotatable bonds is 2. The monoisotopic (exact) mass is 362 g/mol. The number of aliphatic hydroxyl groups excluding tert-OH is 2. The Kier molecular flexibility index (Phi) is 4.04. The van der Waals surface area contributed by atoms with Crippen LogP contribution in [0.3, 0.4) is 0 Å². The van der Waals surface area contributed by atoms with Gasteiger partial charge >= 0.3 is 0 Å². The summed E-state index contributed by atoms with van der Waals surface area (Å²) in [5, 5.41) is 31.4. The Hall–Kier alpha value is -1.04. The summed E-state index contributed by atoms with van der Waals surface area (Å²) in [5.41, 5.74) is -1.27. The molecule has 0 spiro atoms. The van der Waals surface area contributed by atoms with Gasteiger partial charge in [0.25, 0.3) is 0 Å². The fraction of sp³-hybridized carbons (Fsp3) is 0.810. The molecule has 26 heavy (non-hydrogen) atoms. The van der Waals surface area contributed by atoms with Crippen LogP contribution in [0.1, 0.15) is 58.8 Å². The van der Waals surface area contributed by atoms with E-state index in [9.17, 15) is 24.9 Å². The van der Waals surface area contributed by atoms with Gasteiger partial charge in [0.2, 0.25) is 0 Å². The summed E-state index contributed by atoms with van der Waals surface area (Å²) in [5.74, 6) is 0.411. The maximum absolute atomic E-state index is 12.4. The van der Waals surface area contributed by atoms with Crippen molar-refractivity contribution in [2.75, 3.05) is 6.61 Å². The fourth-order valence-corrected chi connectivity index (χ4v) is 7.21. The van der Waals surface area contributed by atoms with Crippen LogP contribution < -0.4 is 0 Å². The van der Waals surface area contributed by atoms with Crippen LogP contribution in [0, 0.1) is 28.6 Å². The van der Waals surface area contributed by atoms with Gasteiger partial charge in [0, 0.05) is 11.8 Å². The first-order chi connectivity index (χ1) is 12.2. The molecule has 0 unspecified atom stereocenters. The van der Waals surface area contributed by atoms with Crippen molar-refractivity contribution in [3.63, 3.8) is 0 Å². The first-order valence-electron chi connectivity index (χ1n) is 9.97. The molecule has 0 amide bonds. The fourth-order valence-electron chi connectivity index (χ4n) is 7.21. The van der Waals surface area contributed by atoms with Crippen molar-refractivity contribution in [2.24, 2.45) is 28.6 Å². The molecule has 3 N–H and O–H groups in total. The van der Waals surface area contributed by atoms with Crippen LogP contribution in [-0.4, -0.2) is 45.2 Å². The van der Waals surface area contributed by atoms with E-state index in [-0.39, 0.29) is 23.0 Å². The highest BCUT2D eigenvalue weighted by Gasteiger charge is 2.66. The van der Waals surface area contributed by atoms with Crippen LogP contribution in [0.4, 0.5) is 0 Å². The Morgan fingerprint density at radius 3 is 2.58 bits per heavy atom. The molecule has 0 bridgehead atoms. The summed E-state index contributed by atoms with van der Waals surface area (Å²) in [7, 11) is 0. The van der Waals surface area contributed by atoms with E-state index in [1.165, 1.54) is 0 Å². The van der Waals surface area contributed by atoms with Crippen LogP contribution in [0.5, 0.6) is 0 Å². The second-order valence-corrected chi connectivity index (χ2v) is 9.55. The van der Waals surface area contributed by atoms with Gasteiger partial charge in [0.15, 0.2) is 11.6 Å². The van der Waals surface area contributed by atoms with Gasteiger partial charge in [-0.3, -0.25) is 9.59 Å². The van der Waals surface area contributed by atoms with Crippen LogP contribution in [0.15, 0.2) is 11.6 Å². The van der Waals surface area contributed by atoms with E-state index in [1.54, 1.807) is 6.08 Å². The molecule has 0 aromatic rings. The quantitative estimate of drug-likeness (QED) is 0.696. The topological polar surface area (TPSA) is 94.8 Å². The number of hydrogen-bond donors (Lipinski definition) is 3. The van der Waals surface area contributed by atoms with Gasteiger partial charge in [-0.25, -0.2) is 0 Å². The summed E-state index contributed by atoms with van der Waals surface area (Å²) >= 11 is 0. The van der Waals surface area contributed by atoms with Gasteiger partial charge in [-0.2, -0.15) is 0 Å². The van der Waals surface area contributed by atoms with Crippen molar-refractivity contribution in [3.05, 3.63) is 11.6 Å². The van der Waals surface area contributed by atoms with E-state index in [2.05, 4.69) is 6.92 Å². The highest BCUT2D eigenvalue weighted by atomic mass is 16.3. The largest absolute Gasteiger partial charge is 0.389 e. The molecule has 3 saturated carbocycles. The third-order valence-electron chi connectivity index (χ3n) is 8.73. The van der Waals surface area contributed by atoms with Crippen molar-refractivity contribution < 1.29 is 24.9 Å². The Balaban J connectivity index is 1.72. The van der Waals surface area contributed by atoms with E-state index >= 15 is 0 Å². The summed E-state index contributed by atoms with van der Waals surface area (Å²) in [6.07, 6.45) is 5.74. The van der Waals surface area contributed by atoms with Crippen LogP contribution in [0.25, 0.3) is 0 Å². The molecule has 4 aliphatic carbocycles. The van der Waals surface area contributed by atoms with Crippen molar-refractivity contribution in [1.29, 1.82) is 0 Å². The van der Waals surface area contributed by atoms with Gasteiger partial charge in [-0.05, 0) is 73.3 Å². The second-order valence-electron chi connectivity index (χ2n) is 9.55. The third kappa shape index (κ3) is 2.14. The molecule has 0 aliphatic heterocycles. The van der Waals surface area contributed by atoms with E-state index in [1.807, 2.05) is 6.92 Å². The van der Waals surface area contributed by atoms with Gasteiger partial charge in [-0.15, -0.1) is 0 Å². The molecule has 0 heterocycles. The van der Waals surface area contributed by atoms with E-state index in [4.69, 9.17) is 0 Å². The zero-order valence-electron chi connectivity index (χ0n) is 15.7. The zero-order valence-corrected chi connectivity index (χ0v) is 15.7. The van der Waals surface area contributed by atoms with Crippen molar-refractivity contribution in [3.8, 4) is 0 Å². The van der Waals surface area contributed by atoms with Crippen LogP contribution in [-0.2, 0) is 9.59 Å². The van der Waals surface area contributed by atoms with Gasteiger partial charge in [0.05, 0.1) is 6.10 Å². The molecule has 4 rings (SSSR count). The predicted molar refractivity (Wildman–Crippen MR) is 95.1 cm³/mol. The minimum Gasteiger partial charge on any atom is -0.389 e. The van der Waals surface area contributed by atoms with Crippen molar-refractivity contribution in [2.45, 2.75) is 70.5 Å². The van der Waals surface area contributed by atoms with Crippen LogP contribution >= 0.6 is 0 Å². The third-order valence-corrected chi connectivity index (χ3v) is 8.73. The first-order valence-corrected chi connectivity index (χ1v) is 9.97. The Morgan fingerprint density at radius 1 is 1.19 bits per heavy atom. The van der Waals surface area contributed by atoms with E-state index in [0.29, 0.717) is 25.2 Å². The maximum atomic E-state index is 12.4. The zero-order chi connectivity index (χ0) is 18.9. The lowest BCUT2D eigenvalue weighted by Gasteiger charge is -2.59. The molecule has 7 atom stereocenters. The maximum Gasteiger partial charge on any atom is 0.190 e. The lowest BCUT2D eigenvalue weighted by Crippen LogP contribution is -2.59. The number of hydrogen-bond acceptors (Lipinski definition) is 5. The number of fused-ring (bicyclic) bond motifs is 5. The molecule has 4 aliphatic rings. The van der Waals surface area contributed by atoms with Gasteiger partial charge in [0.1, 0.15) is 12.2 Å². The number of carbonyl (C=O) groups excluding carboxylic acids is 2. The van der Waals surface area contributed by atoms with E-state index < -0.39 is 29.5 Å². The normalized spacial score (nSPS) is 50.5. The average molecular weight is 362 g/mol. The number of Topliss-reactive ketones (excluding diaryl/α,β-unsaturated/α-hetero) is 1. The summed E-state index contributed by atoms with van der Waals surface area (Å²) in [4.78, 5) is 24.3. The Labute approximate surface area is 154 Å². The highest BCUT2D eigenvalue weighted by Crippen LogP contribution is 2.67. The first kappa shape index (κ1) is 18.3. The molecule has 144 valence electrons. The van der Waals surface area contributed by atoms with Crippen molar-refractivity contribution >= 4 is 11.6 Å². The summed E-state index contributed by atoms with van der Waals surface area (Å²) in [6, 6.07) is 0. The molecule has 5 nitrogen and oxygen atoms in total. The lowest BCUT2D eigenvalue weighted by atomic mass is 9.45. The van der Waals surface area contributed by atoms with Crippen molar-refractivity contribution in [1.82, 2.24) is 0 Å². The number of ketones is 2. The minimum absolute atomic E-state index is 0.111. The second kappa shape index (κ2) is 5.73. The van der Waals surface area contributed by atoms with Gasteiger partial charge < -0.3 is 15.3 Å². The molecule has 3 fully saturated rings. The predicted octanol–water partition coefficient (Wildman–Crippen LogP) is 1.78. The molecule has 0 aromatic heterocycles. The minimum atomic E-state index is -1.46. The molecule has 0 radical (unpaired) electrons. The van der Waals surface area contributed by atoms with Gasteiger partial charge in [-0.1, -0.05) is 13.8 Å². The molecular formula is C21H30O5. The smallest absolute Gasteiger partial charge is 0.190 e. The molecule has 0 saturated heterocycles. The van der Waals surface area contributed by atoms with E-state index in [0.717, 1.165) is 31.3 Å². The lowest BCUT2D eigenvalue weighted by molar-refractivity contribution is -0.166. The summed E-state index contributed by atoms with van der Waals surface area (Å²) in [6.45, 7) is 3.56.